The van der Waals surface area contributed by atoms with E-state index in [0.29, 0.717) is 18.9 Å². The van der Waals surface area contributed by atoms with Crippen LogP contribution in [0.3, 0.4) is 0 Å². The first-order chi connectivity index (χ1) is 9.99. The summed E-state index contributed by atoms with van der Waals surface area (Å²) in [4.78, 5) is 25.0. The van der Waals surface area contributed by atoms with Gasteiger partial charge in [0.25, 0.3) is 0 Å². The number of benzene rings is 1. The zero-order chi connectivity index (χ0) is 15.4. The van der Waals surface area contributed by atoms with E-state index in [1.54, 1.807) is 6.08 Å². The van der Waals surface area contributed by atoms with Crippen molar-refractivity contribution in [2.75, 3.05) is 6.54 Å². The number of aliphatic carboxylic acids is 1. The van der Waals surface area contributed by atoms with Crippen LogP contribution >= 0.6 is 15.9 Å². The fourth-order valence-electron chi connectivity index (χ4n) is 2.51. The number of rotatable bonds is 3. The number of carbonyl (C=O) groups is 2. The van der Waals surface area contributed by atoms with E-state index in [1.807, 2.05) is 31.2 Å². The van der Waals surface area contributed by atoms with Crippen LogP contribution in [0.4, 0.5) is 0 Å². The van der Waals surface area contributed by atoms with Crippen molar-refractivity contribution in [3.8, 4) is 0 Å². The highest BCUT2D eigenvalue weighted by atomic mass is 79.9. The molecule has 5 heteroatoms. The lowest BCUT2D eigenvalue weighted by molar-refractivity contribution is -0.151. The number of amides is 1. The predicted molar refractivity (Wildman–Crippen MR) is 84.7 cm³/mol. The van der Waals surface area contributed by atoms with E-state index in [2.05, 4.69) is 15.9 Å². The fraction of sp³-hybridized carbons (Fsp3) is 0.375. The van der Waals surface area contributed by atoms with Crippen molar-refractivity contribution in [2.45, 2.75) is 25.8 Å². The van der Waals surface area contributed by atoms with Crippen molar-refractivity contribution in [3.05, 3.63) is 40.4 Å². The Morgan fingerprint density at radius 2 is 2.10 bits per heavy atom. The third-order valence-electron chi connectivity index (χ3n) is 3.74. The van der Waals surface area contributed by atoms with Crippen LogP contribution in [0.25, 0.3) is 6.08 Å². The molecule has 0 aromatic heterocycles. The van der Waals surface area contributed by atoms with Crippen LogP contribution in [-0.2, 0) is 9.59 Å². The number of nitrogens with zero attached hydrogens (tertiary/aromatic N) is 1. The molecule has 1 fully saturated rings. The second kappa shape index (κ2) is 6.89. The molecule has 2 unspecified atom stereocenters. The van der Waals surface area contributed by atoms with Gasteiger partial charge in [-0.3, -0.25) is 4.79 Å². The monoisotopic (exact) mass is 351 g/mol. The Kier molecular flexibility index (Phi) is 5.17. The molecular weight excluding hydrogens is 334 g/mol. The third kappa shape index (κ3) is 3.94. The van der Waals surface area contributed by atoms with Gasteiger partial charge in [-0.05, 0) is 36.5 Å². The molecule has 21 heavy (non-hydrogen) atoms. The Labute approximate surface area is 132 Å². The predicted octanol–water partition coefficient (Wildman–Crippen LogP) is 3.17. The van der Waals surface area contributed by atoms with Gasteiger partial charge < -0.3 is 10.0 Å². The summed E-state index contributed by atoms with van der Waals surface area (Å²) in [5, 5.41) is 9.28. The molecule has 1 saturated heterocycles. The zero-order valence-electron chi connectivity index (χ0n) is 11.8. The first kappa shape index (κ1) is 15.8. The molecule has 112 valence electrons. The molecule has 0 radical (unpaired) electrons. The van der Waals surface area contributed by atoms with Crippen molar-refractivity contribution in [3.63, 3.8) is 0 Å². The molecular formula is C16H18BrNO3. The van der Waals surface area contributed by atoms with Gasteiger partial charge in [0, 0.05) is 17.1 Å². The first-order valence-corrected chi connectivity index (χ1v) is 7.74. The SMILES string of the molecule is CC1CCN(C(=O)/C=C/c2ccccc2Br)C(C(=O)O)C1. The standard InChI is InChI=1S/C16H18BrNO3/c1-11-8-9-18(14(10-11)16(20)21)15(19)7-6-12-4-2-3-5-13(12)17/h2-7,11,14H,8-10H2,1H3,(H,20,21)/b7-6+. The minimum Gasteiger partial charge on any atom is -0.480 e. The maximum absolute atomic E-state index is 12.3. The highest BCUT2D eigenvalue weighted by Crippen LogP contribution is 2.23. The lowest BCUT2D eigenvalue weighted by Crippen LogP contribution is -2.49. The number of likely N-dealkylation sites (tertiary alicyclic amines) is 1. The van der Waals surface area contributed by atoms with Gasteiger partial charge in [0.1, 0.15) is 6.04 Å². The lowest BCUT2D eigenvalue weighted by Gasteiger charge is -2.35. The van der Waals surface area contributed by atoms with Crippen LogP contribution in [0.15, 0.2) is 34.8 Å². The summed E-state index contributed by atoms with van der Waals surface area (Å²) >= 11 is 3.42. The van der Waals surface area contributed by atoms with Crippen LogP contribution in [-0.4, -0.2) is 34.5 Å². The van der Waals surface area contributed by atoms with Crippen molar-refractivity contribution in [1.29, 1.82) is 0 Å². The smallest absolute Gasteiger partial charge is 0.326 e. The average Bonchev–Trinajstić information content (AvgIpc) is 2.46. The van der Waals surface area contributed by atoms with E-state index in [4.69, 9.17) is 0 Å². The number of piperidine rings is 1. The van der Waals surface area contributed by atoms with Gasteiger partial charge >= 0.3 is 5.97 Å². The van der Waals surface area contributed by atoms with Crippen LogP contribution < -0.4 is 0 Å². The molecule has 0 saturated carbocycles. The van der Waals surface area contributed by atoms with E-state index in [-0.39, 0.29) is 5.91 Å². The minimum absolute atomic E-state index is 0.245. The molecule has 1 heterocycles. The molecule has 1 N–H and O–H groups in total. The van der Waals surface area contributed by atoms with Gasteiger partial charge in [0.15, 0.2) is 0 Å². The van der Waals surface area contributed by atoms with Gasteiger partial charge in [-0.2, -0.15) is 0 Å². The summed E-state index contributed by atoms with van der Waals surface area (Å²) in [6.07, 6.45) is 4.53. The highest BCUT2D eigenvalue weighted by molar-refractivity contribution is 9.10. The Morgan fingerprint density at radius 1 is 1.38 bits per heavy atom. The Hall–Kier alpha value is -1.62. The first-order valence-electron chi connectivity index (χ1n) is 6.95. The van der Waals surface area contributed by atoms with E-state index < -0.39 is 12.0 Å². The fourth-order valence-corrected chi connectivity index (χ4v) is 2.92. The van der Waals surface area contributed by atoms with E-state index in [9.17, 15) is 14.7 Å². The highest BCUT2D eigenvalue weighted by Gasteiger charge is 2.33. The molecule has 0 aliphatic carbocycles. The van der Waals surface area contributed by atoms with Crippen LogP contribution in [0.2, 0.25) is 0 Å². The third-order valence-corrected chi connectivity index (χ3v) is 4.47. The molecule has 1 aromatic rings. The molecule has 2 rings (SSSR count). The second-order valence-corrected chi connectivity index (χ2v) is 6.22. The summed E-state index contributed by atoms with van der Waals surface area (Å²) in [5.74, 6) is -0.836. The van der Waals surface area contributed by atoms with Crippen molar-refractivity contribution < 1.29 is 14.7 Å². The summed E-state index contributed by atoms with van der Waals surface area (Å²) in [6, 6.07) is 6.85. The quantitative estimate of drug-likeness (QED) is 0.850. The maximum atomic E-state index is 12.3. The van der Waals surface area contributed by atoms with Crippen LogP contribution in [0.5, 0.6) is 0 Å². The maximum Gasteiger partial charge on any atom is 0.326 e. The molecule has 1 aliphatic rings. The molecule has 0 bridgehead atoms. The summed E-state index contributed by atoms with van der Waals surface area (Å²) in [6.45, 7) is 2.52. The van der Waals surface area contributed by atoms with E-state index >= 15 is 0 Å². The van der Waals surface area contributed by atoms with Crippen LogP contribution in [0.1, 0.15) is 25.3 Å². The lowest BCUT2D eigenvalue weighted by atomic mass is 9.92. The molecule has 2 atom stereocenters. The topological polar surface area (TPSA) is 57.6 Å². The zero-order valence-corrected chi connectivity index (χ0v) is 13.4. The molecule has 1 aromatic carbocycles. The molecule has 1 amide bonds. The van der Waals surface area contributed by atoms with Gasteiger partial charge in [-0.1, -0.05) is 41.1 Å². The Morgan fingerprint density at radius 3 is 2.76 bits per heavy atom. The molecule has 0 spiro atoms. The normalized spacial score (nSPS) is 22.5. The van der Waals surface area contributed by atoms with Crippen molar-refractivity contribution in [1.82, 2.24) is 4.90 Å². The number of hydrogen-bond donors (Lipinski definition) is 1. The molecule has 1 aliphatic heterocycles. The average molecular weight is 352 g/mol. The summed E-state index contributed by atoms with van der Waals surface area (Å²) in [7, 11) is 0. The van der Waals surface area contributed by atoms with Crippen molar-refractivity contribution >= 4 is 33.9 Å². The summed E-state index contributed by atoms with van der Waals surface area (Å²) in [5.41, 5.74) is 0.892. The largest absolute Gasteiger partial charge is 0.480 e. The number of hydrogen-bond acceptors (Lipinski definition) is 2. The van der Waals surface area contributed by atoms with Crippen molar-refractivity contribution in [2.24, 2.45) is 5.92 Å². The van der Waals surface area contributed by atoms with Gasteiger partial charge in [0.05, 0.1) is 0 Å². The van der Waals surface area contributed by atoms with Crippen LogP contribution in [0, 0.1) is 5.92 Å². The number of halogens is 1. The minimum atomic E-state index is -0.927. The second-order valence-electron chi connectivity index (χ2n) is 5.37. The summed E-state index contributed by atoms with van der Waals surface area (Å²) < 4.78 is 0.899. The van der Waals surface area contributed by atoms with Gasteiger partial charge in [-0.15, -0.1) is 0 Å². The van der Waals surface area contributed by atoms with Gasteiger partial charge in [0.2, 0.25) is 5.91 Å². The van der Waals surface area contributed by atoms with E-state index in [0.717, 1.165) is 16.5 Å². The van der Waals surface area contributed by atoms with Gasteiger partial charge in [-0.25, -0.2) is 4.79 Å². The number of carboxylic acids is 1. The number of carbonyl (C=O) groups excluding carboxylic acids is 1. The number of carboxylic acid groups (broad SMARTS) is 1. The molecule has 4 nitrogen and oxygen atoms in total. The van der Waals surface area contributed by atoms with E-state index in [1.165, 1.54) is 11.0 Å². The Balaban J connectivity index is 2.12. The Bertz CT molecular complexity index is 570.